The van der Waals surface area contributed by atoms with Crippen molar-refractivity contribution < 1.29 is 37.3 Å². The number of carbonyl (C=O) groups is 2. The normalized spacial score (nSPS) is 13.9. The van der Waals surface area contributed by atoms with Gasteiger partial charge in [0.15, 0.2) is 0 Å². The Morgan fingerprint density at radius 1 is 0.449 bits per heavy atom. The highest BCUT2D eigenvalue weighted by molar-refractivity contribution is 7.45. The van der Waals surface area contributed by atoms with Crippen LogP contribution in [0.15, 0.2) is 48.6 Å². The molecule has 0 fully saturated rings. The zero-order valence-corrected chi connectivity index (χ0v) is 53.3. The van der Waals surface area contributed by atoms with Gasteiger partial charge in [-0.15, -0.1) is 0 Å². The number of nitrogens with zero attached hydrogens (tertiary/aromatic N) is 1. The van der Waals surface area contributed by atoms with Crippen molar-refractivity contribution in [1.82, 2.24) is 5.32 Å². The van der Waals surface area contributed by atoms with E-state index in [0.717, 1.165) is 70.6 Å². The fourth-order valence-electron chi connectivity index (χ4n) is 9.83. The van der Waals surface area contributed by atoms with Gasteiger partial charge in [-0.05, 0) is 70.3 Å². The van der Waals surface area contributed by atoms with E-state index in [2.05, 4.69) is 62.5 Å². The molecule has 0 saturated heterocycles. The summed E-state index contributed by atoms with van der Waals surface area (Å²) >= 11 is 0. The van der Waals surface area contributed by atoms with Gasteiger partial charge in [0.25, 0.3) is 7.82 Å². The molecule has 1 N–H and O–H groups in total. The lowest BCUT2D eigenvalue weighted by Gasteiger charge is -2.30. The highest BCUT2D eigenvalue weighted by Gasteiger charge is 2.27. The highest BCUT2D eigenvalue weighted by Crippen LogP contribution is 2.38. The van der Waals surface area contributed by atoms with Crippen molar-refractivity contribution in [3.05, 3.63) is 48.6 Å². The molecule has 3 atom stereocenters. The molecule has 78 heavy (non-hydrogen) atoms. The molecule has 9 nitrogen and oxygen atoms in total. The van der Waals surface area contributed by atoms with Gasteiger partial charge in [0, 0.05) is 12.8 Å². The van der Waals surface area contributed by atoms with E-state index in [1.165, 1.54) is 218 Å². The molecular weight excluding hydrogens is 988 g/mol. The number of carbonyl (C=O) groups excluding carboxylic acids is 2. The van der Waals surface area contributed by atoms with Crippen LogP contribution in [0, 0.1) is 0 Å². The van der Waals surface area contributed by atoms with Crippen LogP contribution in [0.25, 0.3) is 0 Å². The molecule has 0 aliphatic heterocycles. The molecule has 0 spiro atoms. The Hall–Kier alpha value is -2.03. The Balaban J connectivity index is 4.98. The molecular formula is C68H129N2O7P. The first-order chi connectivity index (χ1) is 37.9. The number of hydrogen-bond donors (Lipinski definition) is 1. The molecule has 0 bridgehead atoms. The minimum absolute atomic E-state index is 0.0205. The minimum Gasteiger partial charge on any atom is -0.756 e. The molecule has 0 heterocycles. The van der Waals surface area contributed by atoms with Crippen molar-refractivity contribution in [2.24, 2.45) is 0 Å². The van der Waals surface area contributed by atoms with Crippen molar-refractivity contribution >= 4 is 19.7 Å². The highest BCUT2D eigenvalue weighted by atomic mass is 31.2. The van der Waals surface area contributed by atoms with E-state index in [1.807, 2.05) is 33.3 Å². The number of hydrogen-bond acceptors (Lipinski definition) is 7. The largest absolute Gasteiger partial charge is 0.756 e. The molecule has 0 aromatic rings. The molecule has 0 rings (SSSR count). The number of ether oxygens (including phenoxy) is 1. The molecule has 458 valence electrons. The summed E-state index contributed by atoms with van der Waals surface area (Å²) in [4.78, 5) is 40.0. The van der Waals surface area contributed by atoms with E-state index in [9.17, 15) is 19.0 Å². The molecule has 3 unspecified atom stereocenters. The van der Waals surface area contributed by atoms with Gasteiger partial charge in [0.1, 0.15) is 19.3 Å². The number of nitrogens with one attached hydrogen (secondary N) is 1. The molecule has 0 radical (unpaired) electrons. The van der Waals surface area contributed by atoms with Crippen LogP contribution in [0.5, 0.6) is 0 Å². The molecule has 1 amide bonds. The second-order valence-electron chi connectivity index (χ2n) is 24.0. The summed E-state index contributed by atoms with van der Waals surface area (Å²) in [7, 11) is 1.20. The lowest BCUT2D eigenvalue weighted by Crippen LogP contribution is -2.47. The van der Waals surface area contributed by atoms with Crippen molar-refractivity contribution in [1.29, 1.82) is 0 Å². The third-order valence-corrected chi connectivity index (χ3v) is 16.0. The number of allylic oxidation sites excluding steroid dienone is 7. The van der Waals surface area contributed by atoms with Crippen LogP contribution >= 0.6 is 7.82 Å². The lowest BCUT2D eigenvalue weighted by molar-refractivity contribution is -0.870. The van der Waals surface area contributed by atoms with Gasteiger partial charge in [0.05, 0.1) is 33.8 Å². The zero-order chi connectivity index (χ0) is 57.2. The fraction of sp³-hybridized carbons (Fsp3) is 0.853. The number of phosphoric acid groups is 1. The maximum absolute atomic E-state index is 13.6. The van der Waals surface area contributed by atoms with Gasteiger partial charge >= 0.3 is 5.97 Å². The van der Waals surface area contributed by atoms with E-state index in [0.29, 0.717) is 17.4 Å². The van der Waals surface area contributed by atoms with Crippen LogP contribution in [0.1, 0.15) is 323 Å². The Morgan fingerprint density at radius 2 is 0.782 bits per heavy atom. The van der Waals surface area contributed by atoms with Gasteiger partial charge in [-0.1, -0.05) is 288 Å². The monoisotopic (exact) mass is 1120 g/mol. The maximum atomic E-state index is 13.6. The lowest BCUT2D eigenvalue weighted by atomic mass is 10.0. The first-order valence-corrected chi connectivity index (χ1v) is 34.9. The third kappa shape index (κ3) is 58.6. The van der Waals surface area contributed by atoms with Crippen LogP contribution in [-0.2, 0) is 27.9 Å². The molecule has 0 saturated carbocycles. The quantitative estimate of drug-likeness (QED) is 0.0212. The number of rotatable bonds is 61. The van der Waals surface area contributed by atoms with E-state index >= 15 is 0 Å². The Labute approximate surface area is 484 Å². The van der Waals surface area contributed by atoms with Crippen molar-refractivity contribution in [3.63, 3.8) is 0 Å². The van der Waals surface area contributed by atoms with Crippen LogP contribution in [-0.4, -0.2) is 69.4 Å². The predicted octanol–water partition coefficient (Wildman–Crippen LogP) is 20.2. The van der Waals surface area contributed by atoms with Gasteiger partial charge in [-0.3, -0.25) is 14.2 Å². The number of unbranched alkanes of at least 4 members (excludes halogenated alkanes) is 39. The minimum atomic E-state index is -4.70. The van der Waals surface area contributed by atoms with Crippen molar-refractivity contribution in [2.45, 2.75) is 335 Å². The van der Waals surface area contributed by atoms with Crippen LogP contribution < -0.4 is 10.2 Å². The van der Waals surface area contributed by atoms with Gasteiger partial charge in [-0.25, -0.2) is 0 Å². The number of quaternary nitrogens is 1. The molecule has 0 aromatic heterocycles. The van der Waals surface area contributed by atoms with Gasteiger partial charge < -0.3 is 28.5 Å². The molecule has 0 aliphatic rings. The van der Waals surface area contributed by atoms with Gasteiger partial charge in [0.2, 0.25) is 5.91 Å². The van der Waals surface area contributed by atoms with Gasteiger partial charge in [-0.2, -0.15) is 0 Å². The fourth-order valence-corrected chi connectivity index (χ4v) is 10.5. The Kier molecular flexibility index (Phi) is 56.7. The first-order valence-electron chi connectivity index (χ1n) is 33.4. The summed E-state index contributed by atoms with van der Waals surface area (Å²) in [5.74, 6) is -0.529. The number of likely N-dealkylation sites (N-methyl/N-ethyl adjacent to an activating group) is 1. The smallest absolute Gasteiger partial charge is 0.306 e. The predicted molar refractivity (Wildman–Crippen MR) is 335 cm³/mol. The Bertz CT molecular complexity index is 1470. The maximum Gasteiger partial charge on any atom is 0.306 e. The second kappa shape index (κ2) is 58.2. The van der Waals surface area contributed by atoms with E-state index < -0.39 is 20.0 Å². The first kappa shape index (κ1) is 76.0. The molecule has 10 heteroatoms. The van der Waals surface area contributed by atoms with Crippen molar-refractivity contribution in [2.75, 3.05) is 40.9 Å². The summed E-state index contributed by atoms with van der Waals surface area (Å²) < 4.78 is 30.3. The number of phosphoric ester groups is 1. The number of esters is 1. The zero-order valence-electron chi connectivity index (χ0n) is 52.4. The van der Waals surface area contributed by atoms with Crippen LogP contribution in [0.4, 0.5) is 0 Å². The van der Waals surface area contributed by atoms with E-state index in [4.69, 9.17) is 13.8 Å². The summed E-state index contributed by atoms with van der Waals surface area (Å²) in [5.41, 5.74) is 0. The SMILES string of the molecule is CCCCC/C=C\C/C=C\C/C=C\CCCCCCCCCCCCCCCCC(=O)NC(COP(=O)([O-])OCC[N+](C)(C)C)C(/C=C\CCCCCCCCCCC)OC(=O)CCCCCCCCCCCCCCCC. The topological polar surface area (TPSA) is 114 Å². The molecule has 0 aromatic carbocycles. The molecule has 0 aliphatic carbocycles. The standard InChI is InChI=1S/C68H129N2O7P/c1-7-10-13-16-19-22-25-27-29-30-31-32-33-34-35-36-37-38-39-40-41-42-45-48-51-54-57-60-67(71)69-65(64-76-78(73,74)75-63-62-70(4,5)6)66(59-56-53-50-47-44-24-21-18-15-12-9-3)77-68(72)61-58-55-52-49-46-43-28-26-23-20-17-14-11-8-2/h19,22,27,29,31-32,56,59,65-66H,7-18,20-21,23-26,28,30,33-55,57-58,60-64H2,1-6H3,(H-,69,71,73,74)/b22-19-,29-27-,32-31-,59-56-. The van der Waals surface area contributed by atoms with Crippen LogP contribution in [0.3, 0.4) is 0 Å². The van der Waals surface area contributed by atoms with E-state index in [1.54, 1.807) is 0 Å². The van der Waals surface area contributed by atoms with Crippen molar-refractivity contribution in [3.8, 4) is 0 Å². The second-order valence-corrected chi connectivity index (χ2v) is 25.4. The summed E-state index contributed by atoms with van der Waals surface area (Å²) in [6.07, 6.45) is 72.3. The summed E-state index contributed by atoms with van der Waals surface area (Å²) in [6, 6.07) is -0.885. The summed E-state index contributed by atoms with van der Waals surface area (Å²) in [5, 5.41) is 3.04. The van der Waals surface area contributed by atoms with Crippen LogP contribution in [0.2, 0.25) is 0 Å². The third-order valence-electron chi connectivity index (χ3n) is 15.0. The average molecular weight is 1120 g/mol. The average Bonchev–Trinajstić information content (AvgIpc) is 3.41. The summed E-state index contributed by atoms with van der Waals surface area (Å²) in [6.45, 7) is 6.84. The Morgan fingerprint density at radius 3 is 1.19 bits per heavy atom. The van der Waals surface area contributed by atoms with E-state index in [-0.39, 0.29) is 31.5 Å². The number of amides is 1.